The monoisotopic (exact) mass is 597 g/mol. The molecule has 2 unspecified atom stereocenters. The molecule has 2 aliphatic heterocycles. The van der Waals surface area contributed by atoms with Crippen molar-refractivity contribution in [3.05, 3.63) is 72.1 Å². The molecule has 4 aliphatic rings. The third-order valence-electron chi connectivity index (χ3n) is 8.61. The van der Waals surface area contributed by atoms with E-state index in [4.69, 9.17) is 20.4 Å². The maximum absolute atomic E-state index is 14.0. The summed E-state index contributed by atoms with van der Waals surface area (Å²) >= 11 is 0. The highest BCUT2D eigenvalue weighted by Crippen LogP contribution is 2.34. The van der Waals surface area contributed by atoms with Crippen LogP contribution in [0.25, 0.3) is 28.2 Å². The highest BCUT2D eigenvalue weighted by atomic mass is 19.1. The average molecular weight is 598 g/mol. The largest absolute Gasteiger partial charge is 0.383 e. The Morgan fingerprint density at radius 3 is 2.66 bits per heavy atom. The summed E-state index contributed by atoms with van der Waals surface area (Å²) in [5.41, 5.74) is 14.4. The Labute approximate surface area is 254 Å². The summed E-state index contributed by atoms with van der Waals surface area (Å²) in [6.45, 7) is 1.84. The molecule has 0 radical (unpaired) electrons. The van der Waals surface area contributed by atoms with Gasteiger partial charge in [-0.2, -0.15) is 5.43 Å². The van der Waals surface area contributed by atoms with Gasteiger partial charge in [-0.1, -0.05) is 6.07 Å². The van der Waals surface area contributed by atoms with Crippen LogP contribution in [0.15, 0.2) is 60.9 Å². The molecule has 11 nitrogen and oxygen atoms in total. The third kappa shape index (κ3) is 5.40. The molecule has 1 saturated carbocycles. The summed E-state index contributed by atoms with van der Waals surface area (Å²) in [7, 11) is 3.58. The molecular formula is C32H36FN9O2. The molecule has 2 aliphatic carbocycles. The van der Waals surface area contributed by atoms with Crippen molar-refractivity contribution in [1.29, 1.82) is 0 Å². The Kier molecular flexibility index (Phi) is 7.48. The number of rotatable bonds is 6. The molecule has 228 valence electrons. The van der Waals surface area contributed by atoms with Crippen LogP contribution in [-0.4, -0.2) is 76.0 Å². The summed E-state index contributed by atoms with van der Waals surface area (Å²) in [6, 6.07) is 14.1. The fourth-order valence-corrected chi connectivity index (χ4v) is 5.89. The number of hydrogen-bond donors (Lipinski definition) is 3. The first-order valence-corrected chi connectivity index (χ1v) is 15.0. The Balaban J connectivity index is 0.000000239. The number of aromatic nitrogens is 4. The molecule has 5 heterocycles. The number of halogens is 1. The van der Waals surface area contributed by atoms with Gasteiger partial charge in [0.2, 0.25) is 5.91 Å². The molecule has 44 heavy (non-hydrogen) atoms. The molecular weight excluding hydrogens is 561 g/mol. The fraction of sp³-hybridized carbons (Fsp3) is 0.375. The maximum Gasteiger partial charge on any atom is 0.225 e. The van der Waals surface area contributed by atoms with E-state index in [0.29, 0.717) is 64.9 Å². The van der Waals surface area contributed by atoms with Crippen LogP contribution >= 0.6 is 0 Å². The number of fused-ring (bicyclic) bond motifs is 2. The van der Waals surface area contributed by atoms with Crippen molar-refractivity contribution in [3.63, 3.8) is 0 Å². The van der Waals surface area contributed by atoms with E-state index in [9.17, 15) is 9.18 Å². The quantitative estimate of drug-likeness (QED) is 0.307. The Hall–Kier alpha value is -4.39. The first-order valence-electron chi connectivity index (χ1n) is 15.0. The van der Waals surface area contributed by atoms with Crippen molar-refractivity contribution in [2.75, 3.05) is 38.0 Å². The van der Waals surface area contributed by atoms with Gasteiger partial charge in [0.1, 0.15) is 29.6 Å². The molecule has 0 bridgehead atoms. The number of amides is 1. The fourth-order valence-electron chi connectivity index (χ4n) is 5.89. The zero-order chi connectivity index (χ0) is 30.4. The van der Waals surface area contributed by atoms with Crippen LogP contribution in [-0.2, 0) is 22.4 Å². The van der Waals surface area contributed by atoms with E-state index < -0.39 is 6.17 Å². The van der Waals surface area contributed by atoms with Gasteiger partial charge in [-0.3, -0.25) is 14.4 Å². The van der Waals surface area contributed by atoms with Crippen LogP contribution in [0.2, 0.25) is 0 Å². The minimum absolute atomic E-state index is 0.219. The minimum atomic E-state index is -0.838. The molecule has 4 N–H and O–H groups in total. The zero-order valence-electron chi connectivity index (χ0n) is 24.8. The molecule has 4 aromatic rings. The summed E-state index contributed by atoms with van der Waals surface area (Å²) in [5.74, 6) is 2.49. The molecule has 1 aromatic carbocycles. The number of nitrogens with two attached hydrogens (primary N) is 1. The van der Waals surface area contributed by atoms with Crippen molar-refractivity contribution in [2.45, 2.75) is 44.1 Å². The highest BCUT2D eigenvalue weighted by Gasteiger charge is 2.38. The Morgan fingerprint density at radius 1 is 1.11 bits per heavy atom. The molecule has 1 amide bonds. The second kappa shape index (κ2) is 11.6. The van der Waals surface area contributed by atoms with Crippen LogP contribution < -0.4 is 21.5 Å². The van der Waals surface area contributed by atoms with Crippen LogP contribution in [0.1, 0.15) is 24.0 Å². The lowest BCUT2D eigenvalue weighted by Crippen LogP contribution is -2.59. The standard InChI is InChI=1S/C24H22FN7O.C8H14N2O/c1-33-21-8-10-31(30-21)20-7-6-19-24(29-20)32(23(28-19)18-3-2-9-27-22(18)26)17-5-4-14-11-16(25)12-15(14)13-17;1-9-7-4-10(5-7)8(11)6-2-3-6/h2-10,13,16,21,30H,11-12H2,1H3,(H2,26,27);6-7,9H,2-5H2,1H3. The van der Waals surface area contributed by atoms with Gasteiger partial charge in [0.05, 0.1) is 5.56 Å². The van der Waals surface area contributed by atoms with E-state index in [0.717, 1.165) is 42.7 Å². The van der Waals surface area contributed by atoms with Gasteiger partial charge in [0.25, 0.3) is 0 Å². The summed E-state index contributed by atoms with van der Waals surface area (Å²) in [5, 5.41) is 4.96. The molecule has 8 rings (SSSR count). The summed E-state index contributed by atoms with van der Waals surface area (Å²) in [4.78, 5) is 27.3. The van der Waals surface area contributed by atoms with Gasteiger partial charge in [-0.05, 0) is 73.5 Å². The van der Waals surface area contributed by atoms with Gasteiger partial charge in [0.15, 0.2) is 11.5 Å². The lowest BCUT2D eigenvalue weighted by atomic mass is 10.1. The molecule has 1 saturated heterocycles. The number of alkyl halides is 1. The Bertz CT molecular complexity index is 1730. The highest BCUT2D eigenvalue weighted by molar-refractivity contribution is 5.84. The summed E-state index contributed by atoms with van der Waals surface area (Å²) < 4.78 is 21.3. The van der Waals surface area contributed by atoms with Gasteiger partial charge in [-0.25, -0.2) is 19.3 Å². The zero-order valence-corrected chi connectivity index (χ0v) is 24.8. The second-order valence-electron chi connectivity index (χ2n) is 11.7. The summed E-state index contributed by atoms with van der Waals surface area (Å²) in [6.07, 6.45) is 7.49. The second-order valence-corrected chi connectivity index (χ2v) is 11.7. The predicted octanol–water partition coefficient (Wildman–Crippen LogP) is 3.14. The smallest absolute Gasteiger partial charge is 0.225 e. The van der Waals surface area contributed by atoms with Gasteiger partial charge in [-0.15, -0.1) is 0 Å². The van der Waals surface area contributed by atoms with Crippen LogP contribution in [0.3, 0.4) is 0 Å². The van der Waals surface area contributed by atoms with E-state index >= 15 is 0 Å². The molecule has 12 heteroatoms. The molecule has 2 atom stereocenters. The number of benzene rings is 1. The molecule has 0 spiro atoms. The van der Waals surface area contributed by atoms with Crippen LogP contribution in [0.4, 0.5) is 16.0 Å². The number of methoxy groups -OCH3 is 1. The number of likely N-dealkylation sites (tertiary alicyclic amines) is 1. The number of nitrogens with one attached hydrogen (secondary N) is 2. The number of nitrogen functional groups attached to an aromatic ring is 1. The molecule has 2 fully saturated rings. The number of nitrogens with zero attached hydrogens (tertiary/aromatic N) is 6. The number of carbonyl (C=O) groups excluding carboxylic acids is 1. The first-order chi connectivity index (χ1) is 21.4. The van der Waals surface area contributed by atoms with E-state index in [1.807, 2.05) is 71.3 Å². The van der Waals surface area contributed by atoms with Crippen molar-refractivity contribution < 1.29 is 13.9 Å². The number of likely N-dealkylation sites (N-methyl/N-ethyl adjacent to an activating group) is 1. The number of pyridine rings is 2. The number of imidazole rings is 1. The predicted molar refractivity (Wildman–Crippen MR) is 167 cm³/mol. The third-order valence-corrected chi connectivity index (χ3v) is 8.61. The van der Waals surface area contributed by atoms with Gasteiger partial charge < -0.3 is 20.7 Å². The number of ether oxygens (including phenoxy) is 1. The number of anilines is 2. The lowest BCUT2D eigenvalue weighted by molar-refractivity contribution is -0.137. The minimum Gasteiger partial charge on any atom is -0.383 e. The van der Waals surface area contributed by atoms with E-state index in [-0.39, 0.29) is 6.23 Å². The maximum atomic E-state index is 14.0. The van der Waals surface area contributed by atoms with Crippen LogP contribution in [0.5, 0.6) is 0 Å². The van der Waals surface area contributed by atoms with Crippen molar-refractivity contribution >= 4 is 28.7 Å². The lowest BCUT2D eigenvalue weighted by Gasteiger charge is -2.39. The van der Waals surface area contributed by atoms with E-state index in [1.165, 1.54) is 0 Å². The van der Waals surface area contributed by atoms with Gasteiger partial charge in [0, 0.05) is 63.1 Å². The first kappa shape index (κ1) is 28.4. The topological polar surface area (TPSA) is 126 Å². The number of hydrazine groups is 1. The Morgan fingerprint density at radius 2 is 1.93 bits per heavy atom. The number of hydrogen-bond acceptors (Lipinski definition) is 9. The SMILES string of the molecule is CNC1CN(C(=O)C2CC2)C1.COC1C=CN(c2ccc3nc(-c4cccnc4N)n(-c4ccc5c(c4)CC(F)C5)c3n2)N1. The van der Waals surface area contributed by atoms with Crippen molar-refractivity contribution in [1.82, 2.24) is 35.2 Å². The van der Waals surface area contributed by atoms with E-state index in [1.54, 1.807) is 18.3 Å². The van der Waals surface area contributed by atoms with Crippen LogP contribution in [0, 0.1) is 5.92 Å². The average Bonchev–Trinajstić information content (AvgIpc) is 3.45. The molecule has 3 aromatic heterocycles. The number of carbonyl (C=O) groups is 1. The van der Waals surface area contributed by atoms with Crippen molar-refractivity contribution in [2.24, 2.45) is 5.92 Å². The normalized spacial score (nSPS) is 20.9. The van der Waals surface area contributed by atoms with Crippen molar-refractivity contribution in [3.8, 4) is 17.1 Å². The van der Waals surface area contributed by atoms with Gasteiger partial charge >= 0.3 is 0 Å². The van der Waals surface area contributed by atoms with E-state index in [2.05, 4.69) is 15.7 Å².